The first-order valence-corrected chi connectivity index (χ1v) is 15.9. The normalized spacial score (nSPS) is 13.3. The fourth-order valence-electron chi connectivity index (χ4n) is 5.95. The third kappa shape index (κ3) is 7.53. The minimum Gasteiger partial charge on any atom is -0.494 e. The number of ether oxygens (including phenoxy) is 2. The topological polar surface area (TPSA) is 120 Å². The van der Waals surface area contributed by atoms with Gasteiger partial charge in [-0.25, -0.2) is 9.78 Å². The highest BCUT2D eigenvalue weighted by Crippen LogP contribution is 2.43. The highest BCUT2D eigenvalue weighted by atomic mass is 16.5. The second kappa shape index (κ2) is 15.1. The molecule has 2 heterocycles. The Morgan fingerprint density at radius 1 is 1.02 bits per heavy atom. The second-order valence-corrected chi connectivity index (χ2v) is 11.9. The van der Waals surface area contributed by atoms with Gasteiger partial charge >= 0.3 is 0 Å². The Kier molecular flexibility index (Phi) is 10.7. The average molecular weight is 639 g/mol. The molecular formula is C36H42N6O5. The number of carbonyl (C=O) groups excluding carboxylic acids is 3. The largest absolute Gasteiger partial charge is 0.494 e. The van der Waals surface area contributed by atoms with Crippen molar-refractivity contribution in [1.82, 2.24) is 19.8 Å². The predicted molar refractivity (Wildman–Crippen MR) is 183 cm³/mol. The van der Waals surface area contributed by atoms with Crippen LogP contribution in [0.4, 0.5) is 11.4 Å². The number of aromatic amines is 1. The fraction of sp³-hybridized carbons (Fsp3) is 0.389. The first kappa shape index (κ1) is 33.4. The van der Waals surface area contributed by atoms with Gasteiger partial charge in [-0.3, -0.25) is 9.59 Å². The molecule has 1 aliphatic rings. The molecule has 2 amide bonds. The minimum atomic E-state index is -0.395. The number of hydrogen-bond donors (Lipinski definition) is 1. The molecule has 1 N–H and O–H groups in total. The monoisotopic (exact) mass is 638 g/mol. The van der Waals surface area contributed by atoms with E-state index in [2.05, 4.69) is 26.9 Å². The fourth-order valence-corrected chi connectivity index (χ4v) is 5.95. The van der Waals surface area contributed by atoms with Crippen molar-refractivity contribution in [3.8, 4) is 22.6 Å². The number of para-hydroxylation sites is 1. The zero-order valence-electron chi connectivity index (χ0n) is 27.8. The van der Waals surface area contributed by atoms with Gasteiger partial charge in [0.15, 0.2) is 5.75 Å². The number of rotatable bonds is 12. The molecule has 1 fully saturated rings. The van der Waals surface area contributed by atoms with E-state index in [0.29, 0.717) is 30.0 Å². The maximum atomic E-state index is 14.0. The number of hydrogen-bond acceptors (Lipinski definition) is 8. The maximum Gasteiger partial charge on any atom is 0.260 e. The van der Waals surface area contributed by atoms with Crippen LogP contribution in [0.25, 0.3) is 22.2 Å². The van der Waals surface area contributed by atoms with Crippen LogP contribution in [0.1, 0.15) is 47.4 Å². The van der Waals surface area contributed by atoms with Crippen LogP contribution in [0.3, 0.4) is 0 Å². The summed E-state index contributed by atoms with van der Waals surface area (Å²) in [4.78, 5) is 55.6. The number of aliphatic imine (C=N–C) groups is 1. The molecule has 4 aromatic rings. The highest BCUT2D eigenvalue weighted by Gasteiger charge is 2.26. The van der Waals surface area contributed by atoms with Crippen molar-refractivity contribution in [3.63, 3.8) is 0 Å². The minimum absolute atomic E-state index is 0.0850. The van der Waals surface area contributed by atoms with E-state index in [-0.39, 0.29) is 22.9 Å². The SMILES string of the molecule is COc1c(-c2cccc3[nH]c(C)nc23)ccc(C(=O)N(C)c2ccc(C)cc2OCCCCCC(=O)N2CCN(C)CC2)c1N=C=O. The number of H-pyrrole nitrogens is 1. The Hall–Kier alpha value is -4.99. The van der Waals surface area contributed by atoms with E-state index in [4.69, 9.17) is 9.47 Å². The number of carbonyl (C=O) groups is 2. The van der Waals surface area contributed by atoms with Crippen molar-refractivity contribution in [1.29, 1.82) is 0 Å². The van der Waals surface area contributed by atoms with Crippen LogP contribution in [0.5, 0.6) is 11.5 Å². The third-order valence-electron chi connectivity index (χ3n) is 8.57. The lowest BCUT2D eigenvalue weighted by molar-refractivity contribution is -0.132. The van der Waals surface area contributed by atoms with E-state index in [1.54, 1.807) is 25.3 Å². The van der Waals surface area contributed by atoms with Crippen LogP contribution in [0, 0.1) is 13.8 Å². The number of methoxy groups -OCH3 is 1. The summed E-state index contributed by atoms with van der Waals surface area (Å²) in [6.45, 7) is 7.71. The molecule has 246 valence electrons. The smallest absolute Gasteiger partial charge is 0.260 e. The van der Waals surface area contributed by atoms with Gasteiger partial charge in [-0.1, -0.05) is 18.2 Å². The summed E-state index contributed by atoms with van der Waals surface area (Å²) >= 11 is 0. The third-order valence-corrected chi connectivity index (χ3v) is 8.57. The van der Waals surface area contributed by atoms with Crippen molar-refractivity contribution >= 4 is 40.3 Å². The number of fused-ring (bicyclic) bond motifs is 1. The van der Waals surface area contributed by atoms with Crippen molar-refractivity contribution in [3.05, 3.63) is 65.5 Å². The van der Waals surface area contributed by atoms with Crippen molar-refractivity contribution in [2.45, 2.75) is 39.5 Å². The molecule has 11 heteroatoms. The Balaban J connectivity index is 1.30. The van der Waals surface area contributed by atoms with Gasteiger partial charge in [0.1, 0.15) is 17.3 Å². The Morgan fingerprint density at radius 2 is 1.81 bits per heavy atom. The lowest BCUT2D eigenvalue weighted by atomic mass is 9.98. The predicted octanol–water partition coefficient (Wildman–Crippen LogP) is 5.81. The molecule has 1 saturated heterocycles. The molecule has 1 aromatic heterocycles. The van der Waals surface area contributed by atoms with Gasteiger partial charge in [-0.15, -0.1) is 0 Å². The molecule has 0 spiro atoms. The molecule has 47 heavy (non-hydrogen) atoms. The number of unbranched alkanes of at least 4 members (excludes halogenated alkanes) is 2. The molecule has 0 unspecified atom stereocenters. The summed E-state index contributed by atoms with van der Waals surface area (Å²) in [5.41, 5.74) is 4.84. The highest BCUT2D eigenvalue weighted by molar-refractivity contribution is 6.11. The number of isocyanates is 1. The number of benzene rings is 3. The van der Waals surface area contributed by atoms with Crippen LogP contribution in [-0.4, -0.2) is 91.7 Å². The number of aromatic nitrogens is 2. The second-order valence-electron chi connectivity index (χ2n) is 11.9. The van der Waals surface area contributed by atoms with E-state index >= 15 is 0 Å². The van der Waals surface area contributed by atoms with Crippen LogP contribution >= 0.6 is 0 Å². The van der Waals surface area contributed by atoms with Crippen LogP contribution in [0.2, 0.25) is 0 Å². The number of piperazine rings is 1. The molecule has 5 rings (SSSR count). The van der Waals surface area contributed by atoms with Crippen LogP contribution in [-0.2, 0) is 9.59 Å². The molecule has 0 radical (unpaired) electrons. The zero-order chi connectivity index (χ0) is 33.5. The summed E-state index contributed by atoms with van der Waals surface area (Å²) in [5, 5.41) is 0. The molecule has 0 aliphatic carbocycles. The Labute approximate surface area is 275 Å². The van der Waals surface area contributed by atoms with Gasteiger partial charge in [0, 0.05) is 50.8 Å². The van der Waals surface area contributed by atoms with Crippen molar-refractivity contribution < 1.29 is 23.9 Å². The lowest BCUT2D eigenvalue weighted by Crippen LogP contribution is -2.47. The summed E-state index contributed by atoms with van der Waals surface area (Å²) < 4.78 is 11.9. The van der Waals surface area contributed by atoms with Gasteiger partial charge in [-0.05, 0) is 76.1 Å². The van der Waals surface area contributed by atoms with Crippen molar-refractivity contribution in [2.24, 2.45) is 4.99 Å². The number of imidazole rings is 1. The zero-order valence-corrected chi connectivity index (χ0v) is 27.8. The van der Waals surface area contributed by atoms with E-state index in [9.17, 15) is 14.4 Å². The van der Waals surface area contributed by atoms with Crippen LogP contribution < -0.4 is 14.4 Å². The first-order valence-electron chi connectivity index (χ1n) is 15.9. The summed E-state index contributed by atoms with van der Waals surface area (Å²) in [7, 11) is 5.21. The number of likely N-dealkylation sites (N-methyl/N-ethyl adjacent to an activating group) is 1. The quantitative estimate of drug-likeness (QED) is 0.118. The number of anilines is 1. The summed E-state index contributed by atoms with van der Waals surface area (Å²) in [6.07, 6.45) is 4.58. The van der Waals surface area contributed by atoms with Gasteiger partial charge < -0.3 is 29.2 Å². The number of nitrogens with one attached hydrogen (secondary N) is 1. The molecular weight excluding hydrogens is 596 g/mol. The summed E-state index contributed by atoms with van der Waals surface area (Å²) in [6, 6.07) is 14.8. The average Bonchev–Trinajstić information content (AvgIpc) is 3.46. The molecule has 3 aromatic carbocycles. The van der Waals surface area contributed by atoms with Crippen molar-refractivity contribution in [2.75, 3.05) is 58.9 Å². The van der Waals surface area contributed by atoms with Crippen LogP contribution in [0.15, 0.2) is 53.5 Å². The van der Waals surface area contributed by atoms with Gasteiger partial charge in [0.2, 0.25) is 12.0 Å². The van der Waals surface area contributed by atoms with E-state index in [1.807, 2.05) is 55.1 Å². The number of aryl methyl sites for hydroxylation is 2. The number of amides is 2. The van der Waals surface area contributed by atoms with E-state index in [0.717, 1.165) is 73.4 Å². The van der Waals surface area contributed by atoms with Gasteiger partial charge in [0.05, 0.1) is 36.0 Å². The molecule has 1 aliphatic heterocycles. The lowest BCUT2D eigenvalue weighted by Gasteiger charge is -2.32. The van der Waals surface area contributed by atoms with E-state index < -0.39 is 5.91 Å². The standard InChI is InChI=1S/C36H42N6O5/c1-24-13-16-30(31(22-24)47-21-8-6-7-12-32(44)42-19-17-40(3)18-20-42)41(4)36(45)28-15-14-27(35(46-5)34(28)37-23-43)26-10-9-11-29-33(26)39-25(2)38-29/h9-11,13-16,22H,6-8,12,17-21H2,1-5H3,(H,38,39). The molecule has 11 nitrogen and oxygen atoms in total. The maximum absolute atomic E-state index is 14.0. The van der Waals surface area contributed by atoms with Gasteiger partial charge in [0.25, 0.3) is 5.91 Å². The molecule has 0 bridgehead atoms. The molecule has 0 atom stereocenters. The van der Waals surface area contributed by atoms with E-state index in [1.165, 1.54) is 12.0 Å². The van der Waals surface area contributed by atoms with Gasteiger partial charge in [-0.2, -0.15) is 4.99 Å². The number of nitrogens with zero attached hydrogens (tertiary/aromatic N) is 5. The first-order chi connectivity index (χ1) is 22.7. The summed E-state index contributed by atoms with van der Waals surface area (Å²) in [5.74, 6) is 1.43. The molecule has 0 saturated carbocycles. The Bertz CT molecular complexity index is 1800. The Morgan fingerprint density at radius 3 is 2.55 bits per heavy atom.